The largest absolute Gasteiger partial charge is 0.394 e. The van der Waals surface area contributed by atoms with Gasteiger partial charge in [-0.05, 0) is 67.8 Å². The lowest BCUT2D eigenvalue weighted by Gasteiger charge is -2.36. The number of hydrogen-bond donors (Lipinski definition) is 11. The van der Waals surface area contributed by atoms with Crippen LogP contribution in [0.25, 0.3) is 0 Å². The first-order valence-electron chi connectivity index (χ1n) is 11.8. The van der Waals surface area contributed by atoms with Crippen molar-refractivity contribution in [1.29, 1.82) is 0 Å². The van der Waals surface area contributed by atoms with Gasteiger partial charge in [-0.1, -0.05) is 0 Å². The molecule has 1 aliphatic rings. The number of aliphatic hydroxyl groups is 10. The second kappa shape index (κ2) is 15.5. The third-order valence-electron chi connectivity index (χ3n) is 6.35. The Labute approximate surface area is 273 Å². The lowest BCUT2D eigenvalue weighted by atomic mass is 9.98. The standard InChI is InChI=1S/C22H30I3N3O13/c23-13-11-14(24)16(27(10(35)1-26)2-6(31)17(36)19(38)8(33)4-29)15(25)12(13)22(41)28(21(11)40)3-7(32)18(37)20(39)9(34)5-30/h6-9,17-20,29-34,36-39H,1-5,26H2. The lowest BCUT2D eigenvalue weighted by molar-refractivity contribution is -0.121. The summed E-state index contributed by atoms with van der Waals surface area (Å²) in [5.74, 6) is -2.70. The van der Waals surface area contributed by atoms with Crippen LogP contribution in [0.15, 0.2) is 0 Å². The van der Waals surface area contributed by atoms with Crippen LogP contribution < -0.4 is 10.6 Å². The van der Waals surface area contributed by atoms with Crippen LogP contribution in [0.2, 0.25) is 0 Å². The molecule has 1 aromatic rings. The van der Waals surface area contributed by atoms with Crippen molar-refractivity contribution in [3.05, 3.63) is 21.8 Å². The second-order valence-electron chi connectivity index (χ2n) is 9.07. The van der Waals surface area contributed by atoms with Crippen LogP contribution in [0.3, 0.4) is 0 Å². The first-order chi connectivity index (χ1) is 19.1. The van der Waals surface area contributed by atoms with Crippen molar-refractivity contribution in [3.63, 3.8) is 0 Å². The van der Waals surface area contributed by atoms with Gasteiger partial charge in [-0.3, -0.25) is 19.3 Å². The Balaban J connectivity index is 2.53. The molecular weight excluding hydrogens is 895 g/mol. The summed E-state index contributed by atoms with van der Waals surface area (Å²) in [6, 6.07) is 0. The Morgan fingerprint density at radius 1 is 0.707 bits per heavy atom. The number of anilines is 1. The van der Waals surface area contributed by atoms with Gasteiger partial charge in [-0.2, -0.15) is 0 Å². The van der Waals surface area contributed by atoms with Gasteiger partial charge in [0.1, 0.15) is 48.8 Å². The molecule has 0 saturated carbocycles. The maximum atomic E-state index is 13.5. The molecule has 19 heteroatoms. The van der Waals surface area contributed by atoms with E-state index in [2.05, 4.69) is 0 Å². The zero-order valence-corrected chi connectivity index (χ0v) is 27.4. The molecular formula is C22H30I3N3O13. The summed E-state index contributed by atoms with van der Waals surface area (Å²) in [4.78, 5) is 41.3. The van der Waals surface area contributed by atoms with Gasteiger partial charge in [-0.15, -0.1) is 0 Å². The molecule has 1 aliphatic heterocycles. The number of carbonyl (C=O) groups excluding carboxylic acids is 3. The zero-order valence-electron chi connectivity index (χ0n) is 21.0. The Hall–Kier alpha value is -0.420. The molecule has 0 aliphatic carbocycles. The van der Waals surface area contributed by atoms with Gasteiger partial charge in [0.05, 0.1) is 56.8 Å². The highest BCUT2D eigenvalue weighted by molar-refractivity contribution is 14.1. The fourth-order valence-corrected chi connectivity index (χ4v) is 8.61. The third kappa shape index (κ3) is 7.63. The van der Waals surface area contributed by atoms with Crippen molar-refractivity contribution in [1.82, 2.24) is 4.90 Å². The summed E-state index contributed by atoms with van der Waals surface area (Å²) in [5.41, 5.74) is 5.34. The minimum Gasteiger partial charge on any atom is -0.394 e. The molecule has 2 bridgehead atoms. The van der Waals surface area contributed by atoms with Crippen molar-refractivity contribution in [2.75, 3.05) is 37.7 Å². The predicted molar refractivity (Wildman–Crippen MR) is 164 cm³/mol. The second-order valence-corrected chi connectivity index (χ2v) is 12.3. The van der Waals surface area contributed by atoms with E-state index >= 15 is 0 Å². The van der Waals surface area contributed by atoms with E-state index in [1.54, 1.807) is 67.8 Å². The topological polar surface area (TPSA) is 286 Å². The number of β-amino-alcohol motifs (C(OH)–C–C–N with tert-alkyl or cyclic N) is 1. The van der Waals surface area contributed by atoms with Gasteiger partial charge in [0, 0.05) is 3.57 Å². The highest BCUT2D eigenvalue weighted by atomic mass is 127. The molecule has 8 unspecified atom stereocenters. The van der Waals surface area contributed by atoms with Gasteiger partial charge in [-0.25, -0.2) is 0 Å². The first kappa shape index (κ1) is 36.8. The summed E-state index contributed by atoms with van der Waals surface area (Å²) in [5, 5.41) is 98.4. The highest BCUT2D eigenvalue weighted by Gasteiger charge is 2.43. The molecule has 232 valence electrons. The molecule has 41 heavy (non-hydrogen) atoms. The Bertz CT molecular complexity index is 1100. The molecule has 8 atom stereocenters. The zero-order chi connectivity index (χ0) is 31.5. The van der Waals surface area contributed by atoms with Crippen LogP contribution in [0.4, 0.5) is 5.69 Å². The molecule has 0 fully saturated rings. The van der Waals surface area contributed by atoms with Crippen LogP contribution >= 0.6 is 67.8 Å². The minimum atomic E-state index is -2.05. The molecule has 1 aromatic carbocycles. The van der Waals surface area contributed by atoms with E-state index in [-0.39, 0.29) is 27.5 Å². The summed E-state index contributed by atoms with van der Waals surface area (Å²) in [6.07, 6.45) is -15.5. The van der Waals surface area contributed by atoms with E-state index in [0.717, 1.165) is 4.90 Å². The van der Waals surface area contributed by atoms with Gasteiger partial charge >= 0.3 is 0 Å². The van der Waals surface area contributed by atoms with Crippen molar-refractivity contribution < 1.29 is 65.4 Å². The molecule has 2 rings (SSSR count). The fraction of sp³-hybridized carbons (Fsp3) is 0.591. The van der Waals surface area contributed by atoms with Gasteiger partial charge in [0.15, 0.2) is 0 Å². The lowest BCUT2D eigenvalue weighted by Crippen LogP contribution is -2.54. The summed E-state index contributed by atoms with van der Waals surface area (Å²) in [7, 11) is 0. The molecule has 0 radical (unpaired) electrons. The maximum Gasteiger partial charge on any atom is 0.263 e. The fourth-order valence-electron chi connectivity index (χ4n) is 3.94. The monoisotopic (exact) mass is 925 g/mol. The smallest absolute Gasteiger partial charge is 0.263 e. The normalized spacial score (nSPS) is 19.3. The van der Waals surface area contributed by atoms with Gasteiger partial charge in [0.25, 0.3) is 11.8 Å². The number of amides is 3. The van der Waals surface area contributed by atoms with Gasteiger partial charge in [0.2, 0.25) is 5.91 Å². The number of carbonyl (C=O) groups is 3. The number of imide groups is 1. The summed E-state index contributed by atoms with van der Waals surface area (Å²) >= 11 is 5.20. The Kier molecular flexibility index (Phi) is 13.9. The van der Waals surface area contributed by atoms with Crippen molar-refractivity contribution >= 4 is 91.2 Å². The number of halogens is 3. The number of benzene rings is 1. The molecule has 12 N–H and O–H groups in total. The summed E-state index contributed by atoms with van der Waals surface area (Å²) in [6.45, 7) is -3.98. The van der Waals surface area contributed by atoms with Crippen molar-refractivity contribution in [3.8, 4) is 0 Å². The number of rotatable bonds is 14. The van der Waals surface area contributed by atoms with Crippen LogP contribution in [0.1, 0.15) is 20.7 Å². The van der Waals surface area contributed by atoms with E-state index in [0.29, 0.717) is 4.90 Å². The first-order valence-corrected chi connectivity index (χ1v) is 15.0. The van der Waals surface area contributed by atoms with Crippen molar-refractivity contribution in [2.45, 2.75) is 48.8 Å². The quantitative estimate of drug-likeness (QED) is 0.0618. The van der Waals surface area contributed by atoms with Crippen LogP contribution in [0, 0.1) is 10.7 Å². The molecule has 0 saturated heterocycles. The van der Waals surface area contributed by atoms with Crippen LogP contribution in [-0.4, -0.2) is 155 Å². The molecule has 0 spiro atoms. The number of nitrogens with zero attached hydrogens (tertiary/aromatic N) is 2. The third-order valence-corrected chi connectivity index (χ3v) is 9.53. The SMILES string of the molecule is NCC(=O)N(CC(O)C(O)C(O)C(O)CO)c1c(I)c2c(I)c(c1I)C(=O)N(CC(O)C(O)C(O)C(O)CO)C2=O. The molecule has 0 aromatic heterocycles. The van der Waals surface area contributed by atoms with E-state index in [1.165, 1.54) is 0 Å². The van der Waals surface area contributed by atoms with Crippen LogP contribution in [0.5, 0.6) is 0 Å². The minimum absolute atomic E-state index is 0.0288. The Morgan fingerprint density at radius 2 is 1.10 bits per heavy atom. The molecule has 3 amide bonds. The maximum absolute atomic E-state index is 13.5. The highest BCUT2D eigenvalue weighted by Crippen LogP contribution is 2.41. The van der Waals surface area contributed by atoms with E-state index in [4.69, 9.17) is 15.9 Å². The van der Waals surface area contributed by atoms with Crippen molar-refractivity contribution in [2.24, 2.45) is 5.73 Å². The van der Waals surface area contributed by atoms with E-state index < -0.39 is 99.4 Å². The van der Waals surface area contributed by atoms with Gasteiger partial charge < -0.3 is 61.7 Å². The predicted octanol–water partition coefficient (Wildman–Crippen LogP) is -4.74. The number of fused-ring (bicyclic) bond motifs is 2. The van der Waals surface area contributed by atoms with E-state index in [1.807, 2.05) is 0 Å². The number of aliphatic hydroxyl groups excluding tert-OH is 10. The molecule has 1 heterocycles. The Morgan fingerprint density at radius 3 is 1.49 bits per heavy atom. The average molecular weight is 925 g/mol. The average Bonchev–Trinajstić information content (AvgIpc) is 2.95. The van der Waals surface area contributed by atoms with E-state index in [9.17, 15) is 55.2 Å². The number of nitrogens with two attached hydrogens (primary N) is 1. The van der Waals surface area contributed by atoms with Crippen LogP contribution in [-0.2, 0) is 4.79 Å². The molecule has 16 nitrogen and oxygen atoms in total. The number of hydrogen-bond acceptors (Lipinski definition) is 14. The summed E-state index contributed by atoms with van der Waals surface area (Å²) < 4.78 is 0.403.